The number of nitrogens with zero attached hydrogens (tertiary/aromatic N) is 5. The predicted molar refractivity (Wildman–Crippen MR) is 130 cm³/mol. The van der Waals surface area contributed by atoms with E-state index in [0.717, 1.165) is 14.8 Å². The van der Waals surface area contributed by atoms with Gasteiger partial charge >= 0.3 is 5.69 Å². The van der Waals surface area contributed by atoms with Gasteiger partial charge in [-0.25, -0.2) is 4.79 Å². The molecule has 2 heterocycles. The number of rotatable bonds is 8. The van der Waals surface area contributed by atoms with Gasteiger partial charge in [0.1, 0.15) is 11.5 Å². The highest BCUT2D eigenvalue weighted by atomic mass is 16.5. The zero-order valence-electron chi connectivity index (χ0n) is 20.1. The molecule has 2 aromatic carbocycles. The van der Waals surface area contributed by atoms with Gasteiger partial charge in [-0.3, -0.25) is 14.2 Å². The normalized spacial score (nSPS) is 10.8. The Kier molecular flexibility index (Phi) is 6.95. The molecule has 0 unspecified atom stereocenters. The zero-order chi connectivity index (χ0) is 25.8. The number of methoxy groups -OCH3 is 2. The van der Waals surface area contributed by atoms with Crippen molar-refractivity contribution >= 4 is 11.6 Å². The fraction of sp³-hybridized carbons (Fsp3) is 0.250. The number of carbonyl (C=O) groups is 1. The zero-order valence-corrected chi connectivity index (χ0v) is 20.1. The van der Waals surface area contributed by atoms with Crippen LogP contribution in [0, 0.1) is 6.92 Å². The van der Waals surface area contributed by atoms with Crippen molar-refractivity contribution in [1.82, 2.24) is 24.5 Å². The van der Waals surface area contributed by atoms with E-state index in [1.807, 2.05) is 19.1 Å². The van der Waals surface area contributed by atoms with Gasteiger partial charge in [0.2, 0.25) is 17.6 Å². The van der Waals surface area contributed by atoms with Crippen molar-refractivity contribution < 1.29 is 18.8 Å². The summed E-state index contributed by atoms with van der Waals surface area (Å²) in [6.07, 6.45) is 0.153. The fourth-order valence-corrected chi connectivity index (χ4v) is 3.36. The third kappa shape index (κ3) is 5.02. The van der Waals surface area contributed by atoms with Crippen LogP contribution in [0.4, 0.5) is 5.69 Å². The summed E-state index contributed by atoms with van der Waals surface area (Å²) in [4.78, 5) is 42.0. The maximum absolute atomic E-state index is 12.7. The maximum atomic E-state index is 12.7. The lowest BCUT2D eigenvalue weighted by Gasteiger charge is -2.11. The first-order valence-corrected chi connectivity index (χ1v) is 10.9. The van der Waals surface area contributed by atoms with E-state index in [0.29, 0.717) is 22.9 Å². The van der Waals surface area contributed by atoms with Crippen LogP contribution in [0.2, 0.25) is 0 Å². The van der Waals surface area contributed by atoms with Crippen LogP contribution in [0.15, 0.2) is 56.6 Å². The van der Waals surface area contributed by atoms with Crippen LogP contribution in [0.25, 0.3) is 17.2 Å². The number of aromatic nitrogens is 5. The Morgan fingerprint density at radius 1 is 1.08 bits per heavy atom. The van der Waals surface area contributed by atoms with E-state index in [1.165, 1.54) is 21.3 Å². The molecule has 1 N–H and O–H groups in total. The molecule has 0 bridgehead atoms. The molecule has 12 heteroatoms. The van der Waals surface area contributed by atoms with E-state index in [2.05, 4.69) is 20.6 Å². The fourth-order valence-electron chi connectivity index (χ4n) is 3.36. The minimum absolute atomic E-state index is 0.0329. The molecule has 186 valence electrons. The lowest BCUT2D eigenvalue weighted by atomic mass is 10.2. The molecule has 0 radical (unpaired) electrons. The average molecular weight is 492 g/mol. The number of hydrogen-bond acceptors (Lipinski definition) is 9. The van der Waals surface area contributed by atoms with Gasteiger partial charge in [-0.1, -0.05) is 22.9 Å². The number of nitrogens with one attached hydrogen (secondary N) is 1. The molecular formula is C24H24N6O6. The van der Waals surface area contributed by atoms with Crippen LogP contribution in [0.1, 0.15) is 17.9 Å². The third-order valence-corrected chi connectivity index (χ3v) is 5.38. The monoisotopic (exact) mass is 492 g/mol. The molecule has 0 spiro atoms. The van der Waals surface area contributed by atoms with E-state index in [1.54, 1.807) is 30.3 Å². The minimum atomic E-state index is -0.667. The number of amides is 1. The van der Waals surface area contributed by atoms with Crippen LogP contribution in [0.3, 0.4) is 0 Å². The number of hydrogen-bond donors (Lipinski definition) is 1. The molecule has 4 rings (SSSR count). The van der Waals surface area contributed by atoms with Crippen LogP contribution in [-0.2, 0) is 18.3 Å². The van der Waals surface area contributed by atoms with Gasteiger partial charge < -0.3 is 19.3 Å². The summed E-state index contributed by atoms with van der Waals surface area (Å²) < 4.78 is 17.7. The molecule has 0 aliphatic carbocycles. The Morgan fingerprint density at radius 2 is 1.83 bits per heavy atom. The lowest BCUT2D eigenvalue weighted by molar-refractivity contribution is -0.116. The molecule has 4 aromatic rings. The first-order valence-electron chi connectivity index (χ1n) is 10.9. The van der Waals surface area contributed by atoms with Gasteiger partial charge in [0, 0.05) is 26.0 Å². The van der Waals surface area contributed by atoms with E-state index in [-0.39, 0.29) is 36.2 Å². The molecule has 0 aliphatic heterocycles. The van der Waals surface area contributed by atoms with Crippen molar-refractivity contribution in [3.63, 3.8) is 0 Å². The molecule has 2 aromatic heterocycles. The van der Waals surface area contributed by atoms with Crippen molar-refractivity contribution in [2.24, 2.45) is 7.05 Å². The molecular weight excluding hydrogens is 468 g/mol. The van der Waals surface area contributed by atoms with Crippen LogP contribution in [-0.4, -0.2) is 44.6 Å². The van der Waals surface area contributed by atoms with E-state index in [4.69, 9.17) is 14.0 Å². The maximum Gasteiger partial charge on any atom is 0.351 e. The van der Waals surface area contributed by atoms with Gasteiger partial charge in [-0.2, -0.15) is 14.8 Å². The topological polar surface area (TPSA) is 143 Å². The van der Waals surface area contributed by atoms with Crippen molar-refractivity contribution in [2.45, 2.75) is 19.8 Å². The predicted octanol–water partition coefficient (Wildman–Crippen LogP) is 1.88. The quantitative estimate of drug-likeness (QED) is 0.390. The minimum Gasteiger partial charge on any atom is -0.497 e. The number of benzene rings is 2. The summed E-state index contributed by atoms with van der Waals surface area (Å²) in [5, 5.41) is 10.8. The van der Waals surface area contributed by atoms with Crippen molar-refractivity contribution in [3.8, 4) is 28.7 Å². The van der Waals surface area contributed by atoms with Gasteiger partial charge in [0.25, 0.3) is 5.56 Å². The lowest BCUT2D eigenvalue weighted by Crippen LogP contribution is -2.40. The SMILES string of the molecule is COc1ccc(NC(=O)CCc2nc(-c3nn(-c4ccc(C)cc4)c(=O)n(C)c3=O)no2)c(OC)c1. The highest BCUT2D eigenvalue weighted by Gasteiger charge is 2.19. The first-order chi connectivity index (χ1) is 17.3. The molecule has 12 nitrogen and oxygen atoms in total. The summed E-state index contributed by atoms with van der Waals surface area (Å²) in [6, 6.07) is 12.1. The number of aryl methyl sites for hydroxylation is 2. The molecule has 0 fully saturated rings. The van der Waals surface area contributed by atoms with Gasteiger partial charge in [-0.15, -0.1) is 0 Å². The Balaban J connectivity index is 1.51. The average Bonchev–Trinajstić information content (AvgIpc) is 3.36. The van der Waals surface area contributed by atoms with E-state index in [9.17, 15) is 14.4 Å². The van der Waals surface area contributed by atoms with Gasteiger partial charge in [-0.05, 0) is 31.2 Å². The van der Waals surface area contributed by atoms with Crippen LogP contribution in [0.5, 0.6) is 11.5 Å². The van der Waals surface area contributed by atoms with E-state index < -0.39 is 11.2 Å². The first kappa shape index (κ1) is 24.4. The standard InChI is InChI=1S/C24H24N6O6/c1-14-5-7-15(8-6-14)30-24(33)29(2)23(32)21(27-30)22-26-20(36-28-22)12-11-19(31)25-17-10-9-16(34-3)13-18(17)35-4/h5-10,13H,11-12H2,1-4H3,(H,25,31). The second kappa shape index (κ2) is 10.3. The molecule has 0 atom stereocenters. The second-order valence-corrected chi connectivity index (χ2v) is 7.87. The highest BCUT2D eigenvalue weighted by molar-refractivity contribution is 5.92. The number of ether oxygens (including phenoxy) is 2. The van der Waals surface area contributed by atoms with Gasteiger partial charge in [0.15, 0.2) is 5.69 Å². The third-order valence-electron chi connectivity index (χ3n) is 5.38. The smallest absolute Gasteiger partial charge is 0.351 e. The van der Waals surface area contributed by atoms with Crippen molar-refractivity contribution in [1.29, 1.82) is 0 Å². The van der Waals surface area contributed by atoms with Gasteiger partial charge in [0.05, 0.1) is 25.6 Å². The van der Waals surface area contributed by atoms with Crippen LogP contribution >= 0.6 is 0 Å². The van der Waals surface area contributed by atoms with Crippen LogP contribution < -0.4 is 26.0 Å². The van der Waals surface area contributed by atoms with Crippen molar-refractivity contribution in [3.05, 3.63) is 74.8 Å². The van der Waals surface area contributed by atoms with Crippen molar-refractivity contribution in [2.75, 3.05) is 19.5 Å². The number of carbonyl (C=O) groups excluding carboxylic acids is 1. The second-order valence-electron chi connectivity index (χ2n) is 7.87. The summed E-state index contributed by atoms with van der Waals surface area (Å²) >= 11 is 0. The molecule has 1 amide bonds. The molecule has 0 aliphatic rings. The molecule has 0 saturated carbocycles. The summed E-state index contributed by atoms with van der Waals surface area (Å²) in [5.41, 5.74) is 0.550. The molecule has 0 saturated heterocycles. The van der Waals surface area contributed by atoms with E-state index >= 15 is 0 Å². The Labute approximate surface area is 205 Å². The molecule has 36 heavy (non-hydrogen) atoms. The Hall–Kier alpha value is -4.74. The summed E-state index contributed by atoms with van der Waals surface area (Å²) in [5.74, 6) is 0.799. The highest BCUT2D eigenvalue weighted by Crippen LogP contribution is 2.29. The largest absolute Gasteiger partial charge is 0.497 e. The Bertz CT molecular complexity index is 1520. The summed E-state index contributed by atoms with van der Waals surface area (Å²) in [6.45, 7) is 1.92. The Morgan fingerprint density at radius 3 is 2.53 bits per heavy atom. The summed E-state index contributed by atoms with van der Waals surface area (Å²) in [7, 11) is 4.37. The number of anilines is 1.